The molecule has 0 atom stereocenters. The summed E-state index contributed by atoms with van der Waals surface area (Å²) in [6, 6.07) is 5.84. The highest BCUT2D eigenvalue weighted by Crippen LogP contribution is 2.23. The Morgan fingerprint density at radius 1 is 1.45 bits per heavy atom. The molecule has 0 unspecified atom stereocenters. The quantitative estimate of drug-likeness (QED) is 0.786. The van der Waals surface area contributed by atoms with Crippen LogP contribution < -0.4 is 9.75 Å². The fourth-order valence-corrected chi connectivity index (χ4v) is 2.87. The number of fused-ring (bicyclic) bond motifs is 1. The Bertz CT molecular complexity index is 719. The van der Waals surface area contributed by atoms with E-state index < -0.39 is 0 Å². The van der Waals surface area contributed by atoms with Gasteiger partial charge in [0.15, 0.2) is 5.82 Å². The van der Waals surface area contributed by atoms with Crippen molar-refractivity contribution in [1.82, 2.24) is 14.9 Å². The molecule has 8 heteroatoms. The van der Waals surface area contributed by atoms with Gasteiger partial charge in [-0.3, -0.25) is 4.79 Å². The number of amides is 1. The number of hydrogen-bond acceptors (Lipinski definition) is 5. The van der Waals surface area contributed by atoms with Crippen molar-refractivity contribution in [2.75, 3.05) is 17.3 Å². The number of hydrogen-bond donors (Lipinski definition) is 0. The Kier molecular flexibility index (Phi) is 4.10. The Balaban J connectivity index is 1.82. The lowest BCUT2D eigenvalue weighted by Gasteiger charge is -2.27. The third-order valence-corrected chi connectivity index (χ3v) is 3.90. The first kappa shape index (κ1) is 14.6. The van der Waals surface area contributed by atoms with Crippen molar-refractivity contribution >= 4 is 17.7 Å². The van der Waals surface area contributed by atoms with Crippen molar-refractivity contribution < 1.29 is 13.9 Å². The van der Waals surface area contributed by atoms with Gasteiger partial charge >= 0.3 is 0 Å². The summed E-state index contributed by atoms with van der Waals surface area (Å²) in [5.74, 6) is 0.754. The van der Waals surface area contributed by atoms with E-state index in [1.54, 1.807) is 22.9 Å². The van der Waals surface area contributed by atoms with Crippen LogP contribution in [-0.2, 0) is 11.4 Å². The molecule has 114 valence electrons. The van der Waals surface area contributed by atoms with E-state index in [-0.39, 0.29) is 18.3 Å². The van der Waals surface area contributed by atoms with Crippen molar-refractivity contribution in [3.8, 4) is 5.75 Å². The van der Waals surface area contributed by atoms with Crippen molar-refractivity contribution in [3.63, 3.8) is 0 Å². The highest BCUT2D eigenvalue weighted by atomic mass is 32.2. The zero-order valence-electron chi connectivity index (χ0n) is 11.6. The number of rotatable bonds is 5. The molecule has 0 saturated carbocycles. The van der Waals surface area contributed by atoms with Gasteiger partial charge in [0.05, 0.1) is 12.3 Å². The number of ether oxygens (including phenoxy) is 1. The maximum Gasteiger partial charge on any atom is 0.252 e. The average molecular weight is 320 g/mol. The lowest BCUT2D eigenvalue weighted by atomic mass is 10.3. The van der Waals surface area contributed by atoms with Crippen LogP contribution in [0.3, 0.4) is 0 Å². The van der Waals surface area contributed by atoms with Crippen LogP contribution in [-0.4, -0.2) is 33.1 Å². The second kappa shape index (κ2) is 6.18. The Morgan fingerprint density at radius 3 is 3.09 bits per heavy atom. The van der Waals surface area contributed by atoms with Crippen LogP contribution in [0.15, 0.2) is 42.1 Å². The highest BCUT2D eigenvalue weighted by Gasteiger charge is 2.28. The fourth-order valence-electron chi connectivity index (χ4n) is 2.04. The van der Waals surface area contributed by atoms with Crippen molar-refractivity contribution in [1.29, 1.82) is 0 Å². The summed E-state index contributed by atoms with van der Waals surface area (Å²) < 4.78 is 20.3. The molecule has 2 aromatic rings. The first-order valence-corrected chi connectivity index (χ1v) is 7.54. The van der Waals surface area contributed by atoms with Gasteiger partial charge in [0, 0.05) is 6.07 Å². The minimum Gasteiger partial charge on any atom is -0.485 e. The Morgan fingerprint density at radius 2 is 2.32 bits per heavy atom. The van der Waals surface area contributed by atoms with E-state index >= 15 is 0 Å². The SMILES string of the molecule is C=CCN1C(=O)CSc2nnc(COc3cccc(F)c3)n21. The third-order valence-electron chi connectivity index (χ3n) is 3.00. The van der Waals surface area contributed by atoms with Crippen LogP contribution in [0.2, 0.25) is 0 Å². The predicted octanol–water partition coefficient (Wildman–Crippen LogP) is 1.75. The normalized spacial score (nSPS) is 13.9. The number of benzene rings is 1. The Hall–Kier alpha value is -2.35. The molecule has 1 aromatic carbocycles. The number of carbonyl (C=O) groups is 1. The van der Waals surface area contributed by atoms with Crippen LogP contribution in [0, 0.1) is 5.82 Å². The highest BCUT2D eigenvalue weighted by molar-refractivity contribution is 7.99. The molecule has 1 aromatic heterocycles. The summed E-state index contributed by atoms with van der Waals surface area (Å²) in [4.78, 5) is 12.0. The van der Waals surface area contributed by atoms with Crippen molar-refractivity contribution in [2.45, 2.75) is 11.8 Å². The van der Waals surface area contributed by atoms with Gasteiger partial charge in [0.25, 0.3) is 5.91 Å². The molecule has 1 amide bonds. The second-order valence-electron chi connectivity index (χ2n) is 4.51. The summed E-state index contributed by atoms with van der Waals surface area (Å²) in [6.07, 6.45) is 1.63. The van der Waals surface area contributed by atoms with E-state index in [1.807, 2.05) is 0 Å². The monoisotopic (exact) mass is 320 g/mol. The van der Waals surface area contributed by atoms with Crippen molar-refractivity contribution in [3.05, 3.63) is 48.6 Å². The Labute approximate surface area is 130 Å². The van der Waals surface area contributed by atoms with Gasteiger partial charge < -0.3 is 4.74 Å². The van der Waals surface area contributed by atoms with E-state index in [4.69, 9.17) is 4.74 Å². The molecule has 0 aliphatic carbocycles. The zero-order chi connectivity index (χ0) is 15.5. The first-order valence-electron chi connectivity index (χ1n) is 6.56. The van der Waals surface area contributed by atoms with Crippen molar-refractivity contribution in [2.24, 2.45) is 0 Å². The first-order chi connectivity index (χ1) is 10.7. The predicted molar refractivity (Wildman–Crippen MR) is 79.8 cm³/mol. The molecule has 0 fully saturated rings. The van der Waals surface area contributed by atoms with Gasteiger partial charge in [-0.2, -0.15) is 0 Å². The molecule has 3 rings (SSSR count). The van der Waals surface area contributed by atoms with Gasteiger partial charge in [-0.05, 0) is 12.1 Å². The maximum atomic E-state index is 13.1. The number of nitrogens with zero attached hydrogens (tertiary/aromatic N) is 4. The van der Waals surface area contributed by atoms with E-state index in [1.165, 1.54) is 28.9 Å². The molecule has 0 radical (unpaired) electrons. The number of halogens is 1. The molecule has 0 spiro atoms. The molecule has 22 heavy (non-hydrogen) atoms. The zero-order valence-corrected chi connectivity index (χ0v) is 12.4. The van der Waals surface area contributed by atoms with E-state index in [2.05, 4.69) is 16.8 Å². The summed E-state index contributed by atoms with van der Waals surface area (Å²) in [7, 11) is 0. The molecule has 2 heterocycles. The van der Waals surface area contributed by atoms with Gasteiger partial charge in [0.2, 0.25) is 5.16 Å². The van der Waals surface area contributed by atoms with Crippen LogP contribution in [0.1, 0.15) is 5.82 Å². The molecular formula is C14H13FN4O2S. The topological polar surface area (TPSA) is 60.3 Å². The lowest BCUT2D eigenvalue weighted by Crippen LogP contribution is -2.45. The molecule has 0 saturated heterocycles. The van der Waals surface area contributed by atoms with Gasteiger partial charge in [-0.25, -0.2) is 14.1 Å². The number of aromatic nitrogens is 3. The van der Waals surface area contributed by atoms with Gasteiger partial charge in [-0.1, -0.05) is 23.9 Å². The minimum absolute atomic E-state index is 0.0517. The third kappa shape index (κ3) is 2.82. The van der Waals surface area contributed by atoms with Crippen LogP contribution >= 0.6 is 11.8 Å². The smallest absolute Gasteiger partial charge is 0.252 e. The summed E-state index contributed by atoms with van der Waals surface area (Å²) in [6.45, 7) is 4.09. The summed E-state index contributed by atoms with van der Waals surface area (Å²) in [5.41, 5.74) is 0. The maximum absolute atomic E-state index is 13.1. The number of carbonyl (C=O) groups excluding carboxylic acids is 1. The van der Waals surface area contributed by atoms with Gasteiger partial charge in [0.1, 0.15) is 18.2 Å². The molecule has 0 N–H and O–H groups in total. The molecule has 6 nitrogen and oxygen atoms in total. The van der Waals surface area contributed by atoms with E-state index in [9.17, 15) is 9.18 Å². The van der Waals surface area contributed by atoms with Crippen LogP contribution in [0.4, 0.5) is 4.39 Å². The summed E-state index contributed by atoms with van der Waals surface area (Å²) >= 11 is 1.32. The minimum atomic E-state index is -0.375. The summed E-state index contributed by atoms with van der Waals surface area (Å²) in [5, 5.41) is 10.2. The van der Waals surface area contributed by atoms with E-state index in [0.29, 0.717) is 29.0 Å². The average Bonchev–Trinajstić information content (AvgIpc) is 2.92. The van der Waals surface area contributed by atoms with Gasteiger partial charge in [-0.15, -0.1) is 16.8 Å². The molecular weight excluding hydrogens is 307 g/mol. The molecule has 1 aliphatic heterocycles. The standard InChI is InChI=1S/C14H13FN4O2S/c1-2-6-18-13(20)9-22-14-17-16-12(19(14)18)8-21-11-5-3-4-10(15)7-11/h2-5,7H,1,6,8-9H2. The fraction of sp³-hybridized carbons (Fsp3) is 0.214. The molecule has 0 bridgehead atoms. The van der Waals surface area contributed by atoms with Crippen LogP contribution in [0.25, 0.3) is 0 Å². The number of thioether (sulfide) groups is 1. The van der Waals surface area contributed by atoms with E-state index in [0.717, 1.165) is 0 Å². The largest absolute Gasteiger partial charge is 0.485 e. The lowest BCUT2D eigenvalue weighted by molar-refractivity contribution is -0.117. The van der Waals surface area contributed by atoms with Crippen LogP contribution in [0.5, 0.6) is 5.75 Å². The second-order valence-corrected chi connectivity index (χ2v) is 5.45. The molecule has 1 aliphatic rings.